The van der Waals surface area contributed by atoms with Gasteiger partial charge in [0.25, 0.3) is 5.91 Å². The van der Waals surface area contributed by atoms with E-state index in [0.717, 1.165) is 23.3 Å². The van der Waals surface area contributed by atoms with Crippen molar-refractivity contribution in [3.05, 3.63) is 52.3 Å². The van der Waals surface area contributed by atoms with E-state index in [1.807, 2.05) is 28.7 Å². The van der Waals surface area contributed by atoms with Crippen LogP contribution in [0.4, 0.5) is 5.69 Å². The maximum Gasteiger partial charge on any atom is 0.258 e. The quantitative estimate of drug-likeness (QED) is 0.378. The molecular formula is C23H25N5O4S. The van der Waals surface area contributed by atoms with Crippen molar-refractivity contribution >= 4 is 49.0 Å². The van der Waals surface area contributed by atoms with Crippen LogP contribution in [0.25, 0.3) is 26.1 Å². The molecule has 3 aromatic heterocycles. The van der Waals surface area contributed by atoms with Gasteiger partial charge in [-0.05, 0) is 18.2 Å². The van der Waals surface area contributed by atoms with Gasteiger partial charge < -0.3 is 20.5 Å². The Hall–Kier alpha value is -3.05. The zero-order chi connectivity index (χ0) is 22.8. The highest BCUT2D eigenvalue weighted by molar-refractivity contribution is 7.24. The molecule has 0 radical (unpaired) electrons. The molecule has 33 heavy (non-hydrogen) atoms. The molecule has 1 aliphatic rings. The van der Waals surface area contributed by atoms with Crippen LogP contribution in [0.1, 0.15) is 10.4 Å². The summed E-state index contributed by atoms with van der Waals surface area (Å²) in [5.74, 6) is -0.392. The lowest BCUT2D eigenvalue weighted by atomic mass is 10.1. The molecular weight excluding hydrogens is 442 g/mol. The number of hydrogen-bond acceptors (Lipinski definition) is 8. The van der Waals surface area contributed by atoms with Crippen LogP contribution in [0.15, 0.2) is 41.3 Å². The number of morpholine rings is 1. The fraction of sp³-hybridized carbons (Fsp3) is 0.348. The Kier molecular flexibility index (Phi) is 6.23. The molecule has 0 saturated carbocycles. The number of para-hydroxylation sites is 1. The third-order valence-electron chi connectivity index (χ3n) is 5.80. The number of aliphatic hydroxyl groups is 1. The van der Waals surface area contributed by atoms with Crippen molar-refractivity contribution in [3.8, 4) is 0 Å². The Morgan fingerprint density at radius 2 is 2.00 bits per heavy atom. The van der Waals surface area contributed by atoms with Crippen LogP contribution in [0, 0.1) is 0 Å². The molecule has 1 aromatic carbocycles. The maximum absolute atomic E-state index is 13.7. The predicted molar refractivity (Wildman–Crippen MR) is 130 cm³/mol. The monoisotopic (exact) mass is 467 g/mol. The molecule has 0 bridgehead atoms. The highest BCUT2D eigenvalue weighted by Crippen LogP contribution is 2.32. The summed E-state index contributed by atoms with van der Waals surface area (Å²) < 4.78 is 8.22. The summed E-state index contributed by atoms with van der Waals surface area (Å²) in [7, 11) is 0. The number of carbonyl (C=O) groups excluding carboxylic acids is 1. The molecule has 172 valence electrons. The van der Waals surface area contributed by atoms with Crippen molar-refractivity contribution in [2.45, 2.75) is 0 Å². The molecule has 9 nitrogen and oxygen atoms in total. The number of anilines is 1. The SMILES string of the molecule is O=C(NCCN1CCOCC1)c1c(=O)c2c(NCCO)ccnc2n2c1sc1ccccc12. The Bertz CT molecular complexity index is 1380. The standard InChI is InChI=1S/C23H25N5O4S/c29-12-8-24-15-5-6-25-21-18(15)20(30)19(22(31)26-7-9-27-10-13-32-14-11-27)23-28(21)16-3-1-2-4-17(16)33-23/h1-6,29H,7-14H2,(H,24,25)(H,26,31). The van der Waals surface area contributed by atoms with E-state index in [-0.39, 0.29) is 24.1 Å². The van der Waals surface area contributed by atoms with Crippen LogP contribution in [0.3, 0.4) is 0 Å². The Morgan fingerprint density at radius 1 is 1.18 bits per heavy atom. The van der Waals surface area contributed by atoms with Gasteiger partial charge in [0.1, 0.15) is 10.4 Å². The van der Waals surface area contributed by atoms with Crippen LogP contribution in [0.5, 0.6) is 0 Å². The van der Waals surface area contributed by atoms with Gasteiger partial charge in [-0.25, -0.2) is 4.98 Å². The largest absolute Gasteiger partial charge is 0.395 e. The lowest BCUT2D eigenvalue weighted by Crippen LogP contribution is -2.42. The van der Waals surface area contributed by atoms with E-state index in [0.29, 0.717) is 47.9 Å². The Labute approximate surface area is 193 Å². The Balaban J connectivity index is 1.62. The van der Waals surface area contributed by atoms with Gasteiger partial charge in [0.2, 0.25) is 5.43 Å². The normalized spacial score (nSPS) is 14.8. The van der Waals surface area contributed by atoms with Crippen molar-refractivity contribution in [1.29, 1.82) is 0 Å². The highest BCUT2D eigenvalue weighted by atomic mass is 32.1. The lowest BCUT2D eigenvalue weighted by Gasteiger charge is -2.26. The molecule has 1 saturated heterocycles. The molecule has 1 aliphatic heterocycles. The number of benzene rings is 1. The predicted octanol–water partition coefficient (Wildman–Crippen LogP) is 1.53. The number of carbonyl (C=O) groups is 1. The van der Waals surface area contributed by atoms with E-state index in [4.69, 9.17) is 4.74 Å². The van der Waals surface area contributed by atoms with Gasteiger partial charge in [0.05, 0.1) is 41.1 Å². The van der Waals surface area contributed by atoms with E-state index in [1.165, 1.54) is 11.3 Å². The van der Waals surface area contributed by atoms with Crippen molar-refractivity contribution in [2.24, 2.45) is 0 Å². The maximum atomic E-state index is 13.7. The van der Waals surface area contributed by atoms with Crippen molar-refractivity contribution < 1.29 is 14.6 Å². The fourth-order valence-electron chi connectivity index (χ4n) is 4.21. The number of ether oxygens (including phenoxy) is 1. The van der Waals surface area contributed by atoms with Gasteiger partial charge in [-0.15, -0.1) is 11.3 Å². The third-order valence-corrected chi connectivity index (χ3v) is 6.94. The number of rotatable bonds is 7. The van der Waals surface area contributed by atoms with Crippen LogP contribution in [0.2, 0.25) is 0 Å². The number of pyridine rings is 2. The fourth-order valence-corrected chi connectivity index (χ4v) is 5.39. The minimum absolute atomic E-state index is 0.0797. The second kappa shape index (κ2) is 9.44. The van der Waals surface area contributed by atoms with E-state index in [1.54, 1.807) is 12.3 Å². The van der Waals surface area contributed by atoms with Crippen molar-refractivity contribution in [1.82, 2.24) is 19.6 Å². The van der Waals surface area contributed by atoms with Crippen LogP contribution in [-0.4, -0.2) is 77.8 Å². The molecule has 4 aromatic rings. The number of nitrogens with zero attached hydrogens (tertiary/aromatic N) is 3. The lowest BCUT2D eigenvalue weighted by molar-refractivity contribution is 0.0383. The number of thiazole rings is 1. The second-order valence-corrected chi connectivity index (χ2v) is 8.86. The van der Waals surface area contributed by atoms with Crippen LogP contribution in [-0.2, 0) is 4.74 Å². The summed E-state index contributed by atoms with van der Waals surface area (Å²) in [6.45, 7) is 4.40. The smallest absolute Gasteiger partial charge is 0.258 e. The molecule has 0 aliphatic carbocycles. The first-order valence-electron chi connectivity index (χ1n) is 11.0. The second-order valence-electron chi connectivity index (χ2n) is 7.83. The summed E-state index contributed by atoms with van der Waals surface area (Å²) >= 11 is 1.41. The molecule has 3 N–H and O–H groups in total. The molecule has 1 fully saturated rings. The number of fused-ring (bicyclic) bond motifs is 5. The first-order chi connectivity index (χ1) is 16.2. The van der Waals surface area contributed by atoms with Crippen LogP contribution >= 0.6 is 11.3 Å². The zero-order valence-electron chi connectivity index (χ0n) is 18.0. The summed E-state index contributed by atoms with van der Waals surface area (Å²) in [6, 6.07) is 9.48. The number of nitrogens with one attached hydrogen (secondary N) is 2. The van der Waals surface area contributed by atoms with E-state index in [2.05, 4.69) is 20.5 Å². The molecule has 0 atom stereocenters. The van der Waals surface area contributed by atoms with E-state index >= 15 is 0 Å². The van der Waals surface area contributed by atoms with Crippen molar-refractivity contribution in [2.75, 3.05) is 57.9 Å². The van der Waals surface area contributed by atoms with Gasteiger partial charge in [-0.3, -0.25) is 18.9 Å². The van der Waals surface area contributed by atoms with Gasteiger partial charge in [0.15, 0.2) is 5.65 Å². The first-order valence-corrected chi connectivity index (χ1v) is 11.8. The average molecular weight is 468 g/mol. The summed E-state index contributed by atoms with van der Waals surface area (Å²) in [6.07, 6.45) is 1.63. The van der Waals surface area contributed by atoms with Crippen molar-refractivity contribution in [3.63, 3.8) is 0 Å². The number of hydrogen-bond donors (Lipinski definition) is 3. The molecule has 1 amide bonds. The zero-order valence-corrected chi connectivity index (χ0v) is 18.9. The minimum atomic E-state index is -0.392. The average Bonchev–Trinajstić information content (AvgIpc) is 3.22. The Morgan fingerprint density at radius 3 is 2.82 bits per heavy atom. The first kappa shape index (κ1) is 21.8. The molecule has 0 spiro atoms. The van der Waals surface area contributed by atoms with Crippen LogP contribution < -0.4 is 16.1 Å². The topological polar surface area (TPSA) is 108 Å². The summed E-state index contributed by atoms with van der Waals surface area (Å²) in [5.41, 5.74) is 1.67. The molecule has 4 heterocycles. The molecule has 10 heteroatoms. The highest BCUT2D eigenvalue weighted by Gasteiger charge is 2.24. The number of aliphatic hydroxyl groups excluding tert-OH is 1. The number of amides is 1. The van der Waals surface area contributed by atoms with Gasteiger partial charge in [0, 0.05) is 38.9 Å². The summed E-state index contributed by atoms with van der Waals surface area (Å²) in [4.78, 5) is 34.3. The molecule has 0 unspecified atom stereocenters. The number of aromatic nitrogens is 2. The van der Waals surface area contributed by atoms with Gasteiger partial charge in [-0.1, -0.05) is 12.1 Å². The van der Waals surface area contributed by atoms with Gasteiger partial charge in [-0.2, -0.15) is 0 Å². The van der Waals surface area contributed by atoms with E-state index in [9.17, 15) is 14.7 Å². The van der Waals surface area contributed by atoms with Gasteiger partial charge >= 0.3 is 0 Å². The third kappa shape index (κ3) is 4.06. The minimum Gasteiger partial charge on any atom is -0.395 e. The molecule has 5 rings (SSSR count). The summed E-state index contributed by atoms with van der Waals surface area (Å²) in [5, 5.41) is 15.6. The van der Waals surface area contributed by atoms with E-state index < -0.39 is 5.91 Å².